The van der Waals surface area contributed by atoms with Gasteiger partial charge in [-0.15, -0.1) is 0 Å². The number of fused-ring (bicyclic) bond motifs is 1. The minimum Gasteiger partial charge on any atom is -0.493 e. The van der Waals surface area contributed by atoms with Crippen LogP contribution < -0.4 is 4.74 Å². The highest BCUT2D eigenvalue weighted by Gasteiger charge is 2.37. The van der Waals surface area contributed by atoms with Gasteiger partial charge in [0.05, 0.1) is 12.7 Å². The van der Waals surface area contributed by atoms with E-state index in [-0.39, 0.29) is 10.8 Å². The number of benzene rings is 1. The zero-order chi connectivity index (χ0) is 16.5. The third kappa shape index (κ3) is 2.90. The normalized spacial score (nSPS) is 19.2. The van der Waals surface area contributed by atoms with E-state index in [9.17, 15) is 0 Å². The molecule has 0 amide bonds. The molecule has 1 aliphatic carbocycles. The molecular weight excluding hydrogens is 270 g/mol. The number of rotatable bonds is 3. The fourth-order valence-corrected chi connectivity index (χ4v) is 3.35. The van der Waals surface area contributed by atoms with Crippen LogP contribution in [0.2, 0.25) is 0 Å². The molecule has 0 aromatic heterocycles. The van der Waals surface area contributed by atoms with Crippen LogP contribution in [-0.2, 0) is 10.8 Å². The van der Waals surface area contributed by atoms with Crippen LogP contribution in [0, 0.1) is 11.3 Å². The summed E-state index contributed by atoms with van der Waals surface area (Å²) in [5.74, 6) is 0.899. The summed E-state index contributed by atoms with van der Waals surface area (Å²) in [7, 11) is 0. The lowest BCUT2D eigenvalue weighted by atomic mass is 9.62. The van der Waals surface area contributed by atoms with E-state index in [1.54, 1.807) is 6.08 Å². The lowest BCUT2D eigenvalue weighted by Gasteiger charge is -2.42. The summed E-state index contributed by atoms with van der Waals surface area (Å²) in [5, 5.41) is 8.98. The third-order valence-corrected chi connectivity index (χ3v) is 4.96. The summed E-state index contributed by atoms with van der Waals surface area (Å²) < 4.78 is 5.88. The van der Waals surface area contributed by atoms with Gasteiger partial charge in [-0.3, -0.25) is 0 Å². The molecular formula is C20H27NO. The second kappa shape index (κ2) is 5.80. The SMILES string of the molecule is CCOc1cc2c(cc1C(C)=CC#N)C(C)(C)CCC2(C)C. The Bertz CT molecular complexity index is 644. The largest absolute Gasteiger partial charge is 0.493 e. The molecule has 1 aliphatic rings. The number of ether oxygens (including phenoxy) is 1. The van der Waals surface area contributed by atoms with Gasteiger partial charge in [0, 0.05) is 11.6 Å². The summed E-state index contributed by atoms with van der Waals surface area (Å²) in [4.78, 5) is 0. The molecule has 0 spiro atoms. The van der Waals surface area contributed by atoms with Crippen LogP contribution >= 0.6 is 0 Å². The van der Waals surface area contributed by atoms with Gasteiger partial charge in [-0.25, -0.2) is 0 Å². The van der Waals surface area contributed by atoms with Crippen LogP contribution in [0.15, 0.2) is 18.2 Å². The summed E-state index contributed by atoms with van der Waals surface area (Å²) in [5.41, 5.74) is 5.13. The quantitative estimate of drug-likeness (QED) is 0.703. The van der Waals surface area contributed by atoms with Gasteiger partial charge in [0.1, 0.15) is 5.75 Å². The zero-order valence-electron chi connectivity index (χ0n) is 14.7. The predicted octanol–water partition coefficient (Wildman–Crippen LogP) is 5.36. The number of hydrogen-bond donors (Lipinski definition) is 0. The second-order valence-corrected chi connectivity index (χ2v) is 7.55. The molecule has 0 radical (unpaired) electrons. The van der Waals surface area contributed by atoms with Gasteiger partial charge in [-0.05, 0) is 66.4 Å². The van der Waals surface area contributed by atoms with Crippen LogP contribution in [0.5, 0.6) is 5.75 Å². The van der Waals surface area contributed by atoms with Crippen molar-refractivity contribution in [3.05, 3.63) is 34.9 Å². The van der Waals surface area contributed by atoms with Gasteiger partial charge in [0.15, 0.2) is 0 Å². The summed E-state index contributed by atoms with van der Waals surface area (Å²) >= 11 is 0. The molecule has 0 aliphatic heterocycles. The number of hydrogen-bond acceptors (Lipinski definition) is 2. The summed E-state index contributed by atoms with van der Waals surface area (Å²) in [6.07, 6.45) is 3.97. The Balaban J connectivity index is 2.73. The Morgan fingerprint density at radius 3 is 2.23 bits per heavy atom. The van der Waals surface area contributed by atoms with E-state index < -0.39 is 0 Å². The second-order valence-electron chi connectivity index (χ2n) is 7.55. The van der Waals surface area contributed by atoms with Crippen molar-refractivity contribution in [2.75, 3.05) is 6.61 Å². The van der Waals surface area contributed by atoms with E-state index in [0.717, 1.165) is 16.9 Å². The van der Waals surface area contributed by atoms with Crippen LogP contribution in [0.4, 0.5) is 0 Å². The minimum absolute atomic E-state index is 0.164. The monoisotopic (exact) mass is 297 g/mol. The Hall–Kier alpha value is -1.75. The first-order valence-electron chi connectivity index (χ1n) is 8.11. The molecule has 118 valence electrons. The first-order valence-corrected chi connectivity index (χ1v) is 8.11. The average Bonchev–Trinajstić information content (AvgIpc) is 2.44. The number of allylic oxidation sites excluding steroid dienone is 2. The first kappa shape index (κ1) is 16.6. The van der Waals surface area contributed by atoms with Crippen molar-refractivity contribution in [1.29, 1.82) is 5.26 Å². The molecule has 1 aromatic rings. The smallest absolute Gasteiger partial charge is 0.127 e. The fourth-order valence-electron chi connectivity index (χ4n) is 3.35. The maximum Gasteiger partial charge on any atom is 0.127 e. The van der Waals surface area contributed by atoms with E-state index in [2.05, 4.69) is 45.9 Å². The van der Waals surface area contributed by atoms with Crippen molar-refractivity contribution in [1.82, 2.24) is 0 Å². The molecule has 0 heterocycles. The summed E-state index contributed by atoms with van der Waals surface area (Å²) in [6, 6.07) is 6.60. The molecule has 2 rings (SSSR count). The van der Waals surface area contributed by atoms with Crippen molar-refractivity contribution in [3.63, 3.8) is 0 Å². The van der Waals surface area contributed by atoms with Gasteiger partial charge in [-0.2, -0.15) is 5.26 Å². The van der Waals surface area contributed by atoms with E-state index in [0.29, 0.717) is 6.61 Å². The van der Waals surface area contributed by atoms with E-state index in [1.807, 2.05) is 13.8 Å². The number of nitrogens with zero attached hydrogens (tertiary/aromatic N) is 1. The molecule has 22 heavy (non-hydrogen) atoms. The van der Waals surface area contributed by atoms with Crippen LogP contribution in [0.1, 0.15) is 71.1 Å². The lowest BCUT2D eigenvalue weighted by molar-refractivity contribution is 0.318. The average molecular weight is 297 g/mol. The third-order valence-electron chi connectivity index (χ3n) is 4.96. The molecule has 0 N–H and O–H groups in total. The molecule has 0 saturated carbocycles. The maximum absolute atomic E-state index is 8.98. The Kier molecular flexibility index (Phi) is 4.38. The fraction of sp³-hybridized carbons (Fsp3) is 0.550. The van der Waals surface area contributed by atoms with E-state index in [4.69, 9.17) is 10.00 Å². The first-order chi connectivity index (χ1) is 10.2. The molecule has 2 nitrogen and oxygen atoms in total. The van der Waals surface area contributed by atoms with Gasteiger partial charge in [0.25, 0.3) is 0 Å². The molecule has 2 heteroatoms. The van der Waals surface area contributed by atoms with Crippen LogP contribution in [-0.4, -0.2) is 6.61 Å². The lowest BCUT2D eigenvalue weighted by Crippen LogP contribution is -2.34. The number of nitriles is 1. The topological polar surface area (TPSA) is 33.0 Å². The van der Waals surface area contributed by atoms with Crippen molar-refractivity contribution in [2.45, 2.75) is 65.2 Å². The minimum atomic E-state index is 0.164. The van der Waals surface area contributed by atoms with Crippen molar-refractivity contribution < 1.29 is 4.74 Å². The molecule has 0 bridgehead atoms. The highest BCUT2D eigenvalue weighted by atomic mass is 16.5. The highest BCUT2D eigenvalue weighted by molar-refractivity contribution is 5.73. The van der Waals surface area contributed by atoms with Gasteiger partial charge >= 0.3 is 0 Å². The molecule has 0 atom stereocenters. The van der Waals surface area contributed by atoms with Crippen molar-refractivity contribution >= 4 is 5.57 Å². The van der Waals surface area contributed by atoms with Gasteiger partial charge in [-0.1, -0.05) is 27.7 Å². The van der Waals surface area contributed by atoms with E-state index in [1.165, 1.54) is 24.0 Å². The maximum atomic E-state index is 8.98. The summed E-state index contributed by atoms with van der Waals surface area (Å²) in [6.45, 7) is 13.9. The molecule has 0 saturated heterocycles. The van der Waals surface area contributed by atoms with Crippen molar-refractivity contribution in [3.8, 4) is 11.8 Å². The van der Waals surface area contributed by atoms with Crippen LogP contribution in [0.3, 0.4) is 0 Å². The van der Waals surface area contributed by atoms with Gasteiger partial charge in [0.2, 0.25) is 0 Å². The Labute approximate surface area is 134 Å². The zero-order valence-corrected chi connectivity index (χ0v) is 14.7. The van der Waals surface area contributed by atoms with Gasteiger partial charge < -0.3 is 4.74 Å². The highest BCUT2D eigenvalue weighted by Crippen LogP contribution is 2.48. The Morgan fingerprint density at radius 2 is 1.73 bits per heavy atom. The molecule has 0 fully saturated rings. The Morgan fingerprint density at radius 1 is 1.18 bits per heavy atom. The van der Waals surface area contributed by atoms with E-state index >= 15 is 0 Å². The predicted molar refractivity (Wildman–Crippen MR) is 92.2 cm³/mol. The molecule has 0 unspecified atom stereocenters. The van der Waals surface area contributed by atoms with Crippen molar-refractivity contribution in [2.24, 2.45) is 0 Å². The standard InChI is InChI=1S/C20H27NO/c1-7-22-18-13-17-16(12-15(18)14(2)8-11-21)19(3,4)9-10-20(17,5)6/h8,12-13H,7,9-10H2,1-6H3. The van der Waals surface area contributed by atoms with Crippen LogP contribution in [0.25, 0.3) is 5.57 Å². The molecule has 1 aromatic carbocycles.